The average molecular weight is 415 g/mol. The van der Waals surface area contributed by atoms with Crippen LogP contribution in [0.25, 0.3) is 0 Å². The van der Waals surface area contributed by atoms with Gasteiger partial charge < -0.3 is 0 Å². The molecule has 0 aromatic heterocycles. The highest BCUT2D eigenvalue weighted by Crippen LogP contribution is 2.47. The third-order valence-electron chi connectivity index (χ3n) is 4.61. The molecular weight excluding hydrogens is 384 g/mol. The molecule has 0 amide bonds. The van der Waals surface area contributed by atoms with Crippen LogP contribution in [0.2, 0.25) is 0 Å². The minimum atomic E-state index is -0.0653. The van der Waals surface area contributed by atoms with E-state index in [1.165, 1.54) is 11.1 Å². The molecule has 8 nitrogen and oxygen atoms in total. The van der Waals surface area contributed by atoms with E-state index in [9.17, 15) is 9.59 Å². The Balaban J connectivity index is 0. The molecule has 1 aromatic rings. The van der Waals surface area contributed by atoms with Crippen molar-refractivity contribution in [3.8, 4) is 0 Å². The summed E-state index contributed by atoms with van der Waals surface area (Å²) >= 11 is 0. The van der Waals surface area contributed by atoms with Crippen molar-refractivity contribution in [1.82, 2.24) is 0 Å². The van der Waals surface area contributed by atoms with Gasteiger partial charge in [-0.2, -0.15) is 0 Å². The van der Waals surface area contributed by atoms with Gasteiger partial charge in [-0.25, -0.2) is 40.0 Å². The molecule has 1 saturated carbocycles. The molecule has 1 aromatic carbocycles. The van der Waals surface area contributed by atoms with Crippen LogP contribution in [0.3, 0.4) is 0 Å². The topological polar surface area (TPSA) is 141 Å². The minimum absolute atomic E-state index is 0.00750. The van der Waals surface area contributed by atoms with Gasteiger partial charge >= 0.3 is 0 Å². The molecule has 0 spiro atoms. The molecular formula is C22H30N4O4. The highest BCUT2D eigenvalue weighted by Gasteiger charge is 2.41. The first-order valence-electron chi connectivity index (χ1n) is 9.25. The summed E-state index contributed by atoms with van der Waals surface area (Å²) in [6.45, 7) is 11.1. The summed E-state index contributed by atoms with van der Waals surface area (Å²) in [7, 11) is 0. The molecule has 2 unspecified atom stereocenters. The van der Waals surface area contributed by atoms with Crippen molar-refractivity contribution in [2.24, 2.45) is 20.8 Å². The van der Waals surface area contributed by atoms with Crippen LogP contribution >= 0.6 is 0 Å². The lowest BCUT2D eigenvalue weighted by atomic mass is 9.63. The van der Waals surface area contributed by atoms with Gasteiger partial charge in [0, 0.05) is 0 Å². The smallest absolute Gasteiger partial charge is 0.222 e. The molecule has 2 N–H and O–H groups in total. The van der Waals surface area contributed by atoms with Crippen molar-refractivity contribution in [2.75, 3.05) is 6.54 Å². The zero-order valence-electron chi connectivity index (χ0n) is 18.2. The Bertz CT molecular complexity index is 779. The van der Waals surface area contributed by atoms with E-state index >= 15 is 0 Å². The largest absolute Gasteiger partial charge is 0.235 e. The SMILES string of the molecule is CC1(C)CC(N=C=O)CC(C)(CN=C=O)C1.Cc1ccccc1C.N=C=O.N=C=O. The number of isocyanates is 4. The van der Waals surface area contributed by atoms with E-state index < -0.39 is 0 Å². The lowest BCUT2D eigenvalue weighted by Crippen LogP contribution is -2.39. The molecule has 1 aliphatic carbocycles. The number of rotatable bonds is 3. The Labute approximate surface area is 177 Å². The van der Waals surface area contributed by atoms with Crippen LogP contribution in [0, 0.1) is 35.5 Å². The number of carbonyl (C=O) groups excluding carboxylic acids is 4. The molecule has 8 heteroatoms. The van der Waals surface area contributed by atoms with E-state index in [-0.39, 0.29) is 16.9 Å². The third-order valence-corrected chi connectivity index (χ3v) is 4.61. The summed E-state index contributed by atoms with van der Waals surface area (Å²) in [5.41, 5.74) is 2.79. The number of aryl methyl sites for hydroxylation is 2. The minimum Gasteiger partial charge on any atom is -0.222 e. The van der Waals surface area contributed by atoms with E-state index in [0.717, 1.165) is 31.4 Å². The van der Waals surface area contributed by atoms with E-state index in [0.29, 0.717) is 6.54 Å². The van der Waals surface area contributed by atoms with Gasteiger partial charge in [0.1, 0.15) is 0 Å². The van der Waals surface area contributed by atoms with Gasteiger partial charge in [-0.1, -0.05) is 45.0 Å². The van der Waals surface area contributed by atoms with E-state index in [4.69, 9.17) is 20.4 Å². The van der Waals surface area contributed by atoms with Gasteiger partial charge in [0.25, 0.3) is 0 Å². The predicted octanol–water partition coefficient (Wildman–Crippen LogP) is 4.35. The Morgan fingerprint density at radius 2 is 1.40 bits per heavy atom. The highest BCUT2D eigenvalue weighted by atomic mass is 16.1. The van der Waals surface area contributed by atoms with Gasteiger partial charge in [-0.3, -0.25) is 0 Å². The van der Waals surface area contributed by atoms with Crippen molar-refractivity contribution in [1.29, 1.82) is 10.8 Å². The number of nitrogens with one attached hydrogen (secondary N) is 2. The summed E-state index contributed by atoms with van der Waals surface area (Å²) < 4.78 is 0. The summed E-state index contributed by atoms with van der Waals surface area (Å²) in [5, 5.41) is 10.8. The molecule has 162 valence electrons. The second-order valence-corrected chi connectivity index (χ2v) is 8.13. The molecule has 0 aliphatic heterocycles. The molecule has 0 heterocycles. The van der Waals surface area contributed by atoms with Crippen LogP contribution in [-0.2, 0) is 19.2 Å². The zero-order chi connectivity index (χ0) is 23.6. The van der Waals surface area contributed by atoms with Crippen molar-refractivity contribution >= 4 is 24.3 Å². The summed E-state index contributed by atoms with van der Waals surface area (Å²) in [5.74, 6) is 0. The van der Waals surface area contributed by atoms with Gasteiger partial charge in [-0.05, 0) is 55.1 Å². The number of nitrogens with zero attached hydrogens (tertiary/aromatic N) is 2. The zero-order valence-corrected chi connectivity index (χ0v) is 18.2. The fourth-order valence-corrected chi connectivity index (χ4v) is 3.75. The normalized spacial score (nSPS) is 20.2. The van der Waals surface area contributed by atoms with Crippen LogP contribution < -0.4 is 0 Å². The Hall–Kier alpha value is -3.26. The van der Waals surface area contributed by atoms with E-state index in [2.05, 4.69) is 68.9 Å². The van der Waals surface area contributed by atoms with Crippen molar-refractivity contribution in [3.63, 3.8) is 0 Å². The molecule has 1 fully saturated rings. The average Bonchev–Trinajstić information content (AvgIpc) is 2.63. The standard InChI is InChI=1S/C12H18N2O2.C8H10.2CHNO/c1-11(2)4-10(14-9-16)5-12(3,6-11)7-13-8-15;1-7-5-3-4-6-8(7)2;2*2-1-3/h10H,4-7H2,1-3H3;3-6H,1-2H3;2*2H. The number of hydrogen-bond donors (Lipinski definition) is 2. The summed E-state index contributed by atoms with van der Waals surface area (Å²) in [6.07, 6.45) is 7.38. The quantitative estimate of drug-likeness (QED) is 0.560. The second kappa shape index (κ2) is 15.6. The fraction of sp³-hybridized carbons (Fsp3) is 0.545. The monoisotopic (exact) mass is 414 g/mol. The van der Waals surface area contributed by atoms with Gasteiger partial charge in [0.2, 0.25) is 24.3 Å². The predicted molar refractivity (Wildman–Crippen MR) is 113 cm³/mol. The first-order chi connectivity index (χ1) is 14.0. The molecule has 30 heavy (non-hydrogen) atoms. The summed E-state index contributed by atoms with van der Waals surface area (Å²) in [6, 6.07) is 8.36. The van der Waals surface area contributed by atoms with Crippen LogP contribution in [0.15, 0.2) is 34.3 Å². The first kappa shape index (κ1) is 28.9. The molecule has 1 aliphatic rings. The van der Waals surface area contributed by atoms with Crippen LogP contribution in [-0.4, -0.2) is 36.9 Å². The molecule has 0 bridgehead atoms. The number of hydrogen-bond acceptors (Lipinski definition) is 8. The van der Waals surface area contributed by atoms with Crippen LogP contribution in [0.1, 0.15) is 51.2 Å². The van der Waals surface area contributed by atoms with Crippen LogP contribution in [0.5, 0.6) is 0 Å². The fourth-order valence-electron chi connectivity index (χ4n) is 3.75. The first-order valence-corrected chi connectivity index (χ1v) is 9.25. The number of aliphatic imine (C=N–C) groups is 2. The van der Waals surface area contributed by atoms with Crippen molar-refractivity contribution in [2.45, 2.75) is 59.9 Å². The van der Waals surface area contributed by atoms with Crippen molar-refractivity contribution in [3.05, 3.63) is 35.4 Å². The Morgan fingerprint density at radius 1 is 0.933 bits per heavy atom. The van der Waals surface area contributed by atoms with Gasteiger partial charge in [-0.15, -0.1) is 0 Å². The third kappa shape index (κ3) is 13.8. The maximum Gasteiger partial charge on any atom is 0.235 e. The highest BCUT2D eigenvalue weighted by molar-refractivity contribution is 5.34. The maximum atomic E-state index is 10.3. The maximum absolute atomic E-state index is 10.3. The Kier molecular flexibility index (Phi) is 15.1. The Morgan fingerprint density at radius 3 is 1.77 bits per heavy atom. The van der Waals surface area contributed by atoms with E-state index in [1.807, 2.05) is 0 Å². The van der Waals surface area contributed by atoms with E-state index in [1.54, 1.807) is 12.2 Å². The molecule has 0 saturated heterocycles. The van der Waals surface area contributed by atoms with Crippen molar-refractivity contribution < 1.29 is 19.2 Å². The lowest BCUT2D eigenvalue weighted by molar-refractivity contribution is 0.0915. The number of benzene rings is 1. The van der Waals surface area contributed by atoms with Gasteiger partial charge in [0.05, 0.1) is 12.6 Å². The second-order valence-electron chi connectivity index (χ2n) is 8.13. The van der Waals surface area contributed by atoms with Crippen LogP contribution in [0.4, 0.5) is 0 Å². The molecule has 2 atom stereocenters. The molecule has 0 radical (unpaired) electrons. The molecule has 2 rings (SSSR count). The lowest BCUT2D eigenvalue weighted by Gasteiger charge is -2.44. The van der Waals surface area contributed by atoms with Gasteiger partial charge in [0.15, 0.2) is 0 Å². The summed E-state index contributed by atoms with van der Waals surface area (Å²) in [4.78, 5) is 44.7.